The first-order valence-corrected chi connectivity index (χ1v) is 15.6. The van der Waals surface area contributed by atoms with Crippen LogP contribution in [0, 0.1) is 0 Å². The molecule has 2 atom stereocenters. The normalized spacial score (nSPS) is 16.4. The van der Waals surface area contributed by atoms with Crippen molar-refractivity contribution in [3.05, 3.63) is 47.5 Å². The molecule has 1 aromatic heterocycles. The zero-order valence-electron chi connectivity index (χ0n) is 21.5. The lowest BCUT2D eigenvalue weighted by Crippen LogP contribution is -2.34. The maximum atomic E-state index is 11.8. The molecule has 0 bridgehead atoms. The van der Waals surface area contributed by atoms with Crippen molar-refractivity contribution in [3.8, 4) is 11.5 Å². The number of esters is 1. The minimum atomic E-state index is -1.96. The number of nitrogens with zero attached hydrogens (tertiary/aromatic N) is 2. The fourth-order valence-corrected chi connectivity index (χ4v) is 6.13. The molecule has 1 unspecified atom stereocenters. The maximum absolute atomic E-state index is 11.8. The van der Waals surface area contributed by atoms with Crippen molar-refractivity contribution in [1.29, 1.82) is 0 Å². The number of unbranched alkanes of at least 4 members (excludes halogenated alkanes) is 1. The molecule has 1 aliphatic rings. The second-order valence-corrected chi connectivity index (χ2v) is 13.8. The van der Waals surface area contributed by atoms with Gasteiger partial charge in [0.05, 0.1) is 5.69 Å². The first kappa shape index (κ1) is 27.6. The molecule has 36 heavy (non-hydrogen) atoms. The van der Waals surface area contributed by atoms with E-state index in [0.717, 1.165) is 31.7 Å². The van der Waals surface area contributed by atoms with Crippen molar-refractivity contribution >= 4 is 20.3 Å². The lowest BCUT2D eigenvalue weighted by molar-refractivity contribution is -0.162. The average Bonchev–Trinajstić information content (AvgIpc) is 3.37. The van der Waals surface area contributed by atoms with Gasteiger partial charge >= 0.3 is 11.9 Å². The Kier molecular flexibility index (Phi) is 9.83. The van der Waals surface area contributed by atoms with E-state index in [1.54, 1.807) is 24.4 Å². The Labute approximate surface area is 213 Å². The third-order valence-electron chi connectivity index (χ3n) is 5.87. The highest BCUT2D eigenvalue weighted by Gasteiger charge is 2.27. The summed E-state index contributed by atoms with van der Waals surface area (Å²) in [5.41, 5.74) is 1.26. The second-order valence-electron chi connectivity index (χ2n) is 9.57. The van der Waals surface area contributed by atoms with Crippen LogP contribution in [0.5, 0.6) is 11.5 Å². The molecule has 1 aliphatic heterocycles. The summed E-state index contributed by atoms with van der Waals surface area (Å²) in [5.74, 6) is -0.117. The van der Waals surface area contributed by atoms with E-state index in [1.165, 1.54) is 6.92 Å². The van der Waals surface area contributed by atoms with E-state index in [2.05, 4.69) is 30.0 Å². The summed E-state index contributed by atoms with van der Waals surface area (Å²) >= 11 is 0. The molecule has 1 saturated heterocycles. The van der Waals surface area contributed by atoms with Gasteiger partial charge in [0.25, 0.3) is 0 Å². The molecule has 0 spiro atoms. The third kappa shape index (κ3) is 8.30. The molecule has 1 N–H and O–H groups in total. The van der Waals surface area contributed by atoms with Crippen LogP contribution in [0.2, 0.25) is 19.1 Å². The summed E-state index contributed by atoms with van der Waals surface area (Å²) < 4.78 is 23.1. The van der Waals surface area contributed by atoms with E-state index in [4.69, 9.17) is 18.6 Å². The topological polar surface area (TPSA) is 117 Å². The van der Waals surface area contributed by atoms with E-state index in [-0.39, 0.29) is 19.1 Å². The maximum Gasteiger partial charge on any atom is 0.345 e. The van der Waals surface area contributed by atoms with Gasteiger partial charge in [0.15, 0.2) is 5.82 Å². The van der Waals surface area contributed by atoms with Crippen LogP contribution >= 0.6 is 0 Å². The van der Waals surface area contributed by atoms with Crippen molar-refractivity contribution in [1.82, 2.24) is 9.97 Å². The van der Waals surface area contributed by atoms with Crippen LogP contribution in [0.3, 0.4) is 0 Å². The highest BCUT2D eigenvalue weighted by Crippen LogP contribution is 2.30. The van der Waals surface area contributed by atoms with Crippen molar-refractivity contribution in [2.75, 3.05) is 6.61 Å². The SMILES string of the molecule is CCCC[Si](C)(C)Oc1ccc(OCc2ccnc([C@@H]3CCCO3)n2)c(CC(OC(C)=O)C(=O)O)c1. The number of aromatic nitrogens is 2. The number of ether oxygens (including phenoxy) is 3. The zero-order chi connectivity index (χ0) is 26.1. The molecule has 3 rings (SSSR count). The summed E-state index contributed by atoms with van der Waals surface area (Å²) in [6.45, 7) is 8.53. The minimum absolute atomic E-state index is 0.0523. The Balaban J connectivity index is 1.81. The van der Waals surface area contributed by atoms with E-state index >= 15 is 0 Å². The van der Waals surface area contributed by atoms with Crippen molar-refractivity contribution in [2.45, 2.75) is 83.9 Å². The van der Waals surface area contributed by atoms with E-state index in [9.17, 15) is 14.7 Å². The molecule has 196 valence electrons. The van der Waals surface area contributed by atoms with Gasteiger partial charge in [-0.05, 0) is 56.2 Å². The summed E-state index contributed by atoms with van der Waals surface area (Å²) in [4.78, 5) is 32.1. The first-order chi connectivity index (χ1) is 17.2. The molecular formula is C26H36N2O7Si. The number of hydrogen-bond acceptors (Lipinski definition) is 8. The van der Waals surface area contributed by atoms with Crippen molar-refractivity contribution < 1.29 is 33.3 Å². The highest BCUT2D eigenvalue weighted by molar-refractivity contribution is 6.71. The molecule has 9 nitrogen and oxygen atoms in total. The van der Waals surface area contributed by atoms with Gasteiger partial charge in [0.2, 0.25) is 14.4 Å². The van der Waals surface area contributed by atoms with Gasteiger partial charge in [0, 0.05) is 31.7 Å². The molecule has 0 amide bonds. The lowest BCUT2D eigenvalue weighted by Gasteiger charge is -2.25. The Bertz CT molecular complexity index is 1040. The van der Waals surface area contributed by atoms with Crippen LogP contribution in [0.4, 0.5) is 0 Å². The summed E-state index contributed by atoms with van der Waals surface area (Å²) in [5, 5.41) is 9.60. The molecule has 0 radical (unpaired) electrons. The average molecular weight is 517 g/mol. The van der Waals surface area contributed by atoms with Crippen LogP contribution in [-0.4, -0.2) is 48.0 Å². The fraction of sp³-hybridized carbons (Fsp3) is 0.538. The Morgan fingerprint density at radius 3 is 2.75 bits per heavy atom. The monoisotopic (exact) mass is 516 g/mol. The number of carboxylic acid groups (broad SMARTS) is 1. The fourth-order valence-electron chi connectivity index (χ4n) is 4.05. The first-order valence-electron chi connectivity index (χ1n) is 12.4. The number of carbonyl (C=O) groups is 2. The van der Waals surface area contributed by atoms with Crippen molar-refractivity contribution in [2.24, 2.45) is 0 Å². The summed E-state index contributed by atoms with van der Waals surface area (Å²) in [7, 11) is -1.96. The number of hydrogen-bond donors (Lipinski definition) is 1. The molecule has 2 aromatic rings. The third-order valence-corrected chi connectivity index (χ3v) is 8.22. The number of benzene rings is 1. The zero-order valence-corrected chi connectivity index (χ0v) is 22.5. The van der Waals surface area contributed by atoms with Gasteiger partial charge in [-0.25, -0.2) is 14.8 Å². The number of rotatable bonds is 13. The largest absolute Gasteiger partial charge is 0.544 e. The molecular weight excluding hydrogens is 480 g/mol. The van der Waals surface area contributed by atoms with E-state index in [1.807, 2.05) is 6.07 Å². The van der Waals surface area contributed by atoms with Gasteiger partial charge in [-0.15, -0.1) is 0 Å². The van der Waals surface area contributed by atoms with Crippen LogP contribution in [-0.2, 0) is 32.1 Å². The number of aliphatic carboxylic acids is 1. The second kappa shape index (κ2) is 12.8. The van der Waals surface area contributed by atoms with Crippen molar-refractivity contribution in [3.63, 3.8) is 0 Å². The minimum Gasteiger partial charge on any atom is -0.544 e. The summed E-state index contributed by atoms with van der Waals surface area (Å²) in [6, 6.07) is 8.18. The van der Waals surface area contributed by atoms with Crippen LogP contribution in [0.15, 0.2) is 30.5 Å². The molecule has 1 aromatic carbocycles. The molecule has 10 heteroatoms. The molecule has 0 aliphatic carbocycles. The highest BCUT2D eigenvalue weighted by atomic mass is 28.4. The van der Waals surface area contributed by atoms with Gasteiger partial charge in [-0.1, -0.05) is 19.8 Å². The summed E-state index contributed by atoms with van der Waals surface area (Å²) in [6.07, 6.45) is 4.26. The Morgan fingerprint density at radius 1 is 1.28 bits per heavy atom. The smallest absolute Gasteiger partial charge is 0.345 e. The molecule has 2 heterocycles. The van der Waals surface area contributed by atoms with Crippen LogP contribution < -0.4 is 9.16 Å². The lowest BCUT2D eigenvalue weighted by atomic mass is 10.1. The van der Waals surface area contributed by atoms with Gasteiger partial charge in [-0.3, -0.25) is 4.79 Å². The standard InChI is InChI=1S/C26H36N2O7Si/c1-5-6-14-36(3,4)35-21-9-10-22(19(15-21)16-24(26(30)31)34-18(2)29)33-17-20-11-12-27-25(28-20)23-8-7-13-32-23/h9-12,15,23-24H,5-8,13-14,16-17H2,1-4H3,(H,30,31)/t23-,24?/m0/s1. The predicted molar refractivity (Wildman–Crippen MR) is 135 cm³/mol. The Hall–Kier alpha value is -2.98. The number of carboxylic acids is 1. The van der Waals surface area contributed by atoms with Gasteiger partial charge in [-0.2, -0.15) is 0 Å². The van der Waals surface area contributed by atoms with Crippen LogP contribution in [0.25, 0.3) is 0 Å². The van der Waals surface area contributed by atoms with Crippen LogP contribution in [0.1, 0.15) is 62.7 Å². The quantitative estimate of drug-likeness (QED) is 0.294. The molecule has 0 saturated carbocycles. The van der Waals surface area contributed by atoms with Gasteiger partial charge in [0.1, 0.15) is 24.2 Å². The van der Waals surface area contributed by atoms with E-state index in [0.29, 0.717) is 35.2 Å². The Morgan fingerprint density at radius 2 is 2.08 bits per heavy atom. The van der Waals surface area contributed by atoms with Gasteiger partial charge < -0.3 is 23.7 Å². The molecule has 1 fully saturated rings. The predicted octanol–water partition coefficient (Wildman–Crippen LogP) is 4.85. The number of carbonyl (C=O) groups excluding carboxylic acids is 1. The van der Waals surface area contributed by atoms with E-state index < -0.39 is 26.4 Å².